The largest absolute Gasteiger partial charge is 0.365 e. The Morgan fingerprint density at radius 1 is 1.10 bits per heavy atom. The number of piperidine rings is 1. The van der Waals surface area contributed by atoms with Crippen LogP contribution in [-0.4, -0.2) is 87.6 Å². The number of fused-ring (bicyclic) bond motifs is 1. The number of rotatable bonds is 7. The molecule has 1 atom stereocenters. The summed E-state index contributed by atoms with van der Waals surface area (Å²) < 4.78 is 5.76. The topological polar surface area (TPSA) is 99.3 Å². The second-order valence-corrected chi connectivity index (χ2v) is 8.62. The Bertz CT molecular complexity index is 844. The van der Waals surface area contributed by atoms with Gasteiger partial charge >= 0.3 is 0 Å². The second kappa shape index (κ2) is 8.23. The van der Waals surface area contributed by atoms with Crippen LogP contribution < -0.4 is 5.32 Å². The summed E-state index contributed by atoms with van der Waals surface area (Å²) in [6.45, 7) is 5.88. The van der Waals surface area contributed by atoms with Crippen LogP contribution in [0.4, 0.5) is 5.82 Å². The zero-order valence-electron chi connectivity index (χ0n) is 16.7. The molecule has 5 rings (SSSR count). The van der Waals surface area contributed by atoms with Gasteiger partial charge in [-0.2, -0.15) is 0 Å². The van der Waals surface area contributed by atoms with E-state index in [1.54, 1.807) is 6.33 Å². The fourth-order valence-corrected chi connectivity index (χ4v) is 4.42. The molecule has 3 aliphatic rings. The first-order valence-electron chi connectivity index (χ1n) is 10.7. The van der Waals surface area contributed by atoms with Crippen molar-refractivity contribution in [3.05, 3.63) is 12.7 Å². The molecule has 2 aliphatic heterocycles. The van der Waals surface area contributed by atoms with Crippen LogP contribution in [0.2, 0.25) is 0 Å². The highest BCUT2D eigenvalue weighted by molar-refractivity contribution is 5.82. The van der Waals surface area contributed by atoms with Crippen LogP contribution in [0.3, 0.4) is 0 Å². The van der Waals surface area contributed by atoms with Crippen LogP contribution in [0, 0.1) is 11.8 Å². The average Bonchev–Trinajstić information content (AvgIpc) is 3.42. The maximum atomic E-state index is 12.4. The summed E-state index contributed by atoms with van der Waals surface area (Å²) in [5.41, 5.74) is 1.42. The molecule has 29 heavy (non-hydrogen) atoms. The van der Waals surface area contributed by atoms with Gasteiger partial charge in [0.1, 0.15) is 18.5 Å². The first kappa shape index (κ1) is 18.7. The first-order chi connectivity index (χ1) is 14.2. The number of carbonyl (C=O) groups is 1. The molecule has 2 aromatic rings. The highest BCUT2D eigenvalue weighted by atomic mass is 16.5. The molecule has 4 heterocycles. The molecule has 0 aromatic carbocycles. The number of hydrogen-bond acceptors (Lipinski definition) is 7. The number of aromatic nitrogens is 4. The van der Waals surface area contributed by atoms with Crippen molar-refractivity contribution >= 4 is 22.9 Å². The Kier molecular flexibility index (Phi) is 5.32. The minimum Gasteiger partial charge on any atom is -0.365 e. The van der Waals surface area contributed by atoms with Gasteiger partial charge in [-0.25, -0.2) is 15.0 Å². The van der Waals surface area contributed by atoms with Gasteiger partial charge in [0.05, 0.1) is 12.4 Å². The van der Waals surface area contributed by atoms with Crippen LogP contribution in [-0.2, 0) is 9.53 Å². The van der Waals surface area contributed by atoms with E-state index >= 15 is 0 Å². The highest BCUT2D eigenvalue weighted by Gasteiger charge is 2.31. The maximum Gasteiger partial charge on any atom is 0.248 e. The number of likely N-dealkylation sites (tertiary alicyclic amines) is 1. The molecular weight excluding hydrogens is 370 g/mol. The molecule has 0 bridgehead atoms. The summed E-state index contributed by atoms with van der Waals surface area (Å²) in [5, 5.41) is 3.32. The van der Waals surface area contributed by atoms with E-state index in [9.17, 15) is 4.79 Å². The lowest BCUT2D eigenvalue weighted by Crippen LogP contribution is -2.51. The van der Waals surface area contributed by atoms with E-state index < -0.39 is 0 Å². The van der Waals surface area contributed by atoms with E-state index in [0.29, 0.717) is 30.5 Å². The third-order valence-corrected chi connectivity index (χ3v) is 6.34. The Hall–Kier alpha value is -2.26. The summed E-state index contributed by atoms with van der Waals surface area (Å²) in [7, 11) is 0. The number of aromatic amines is 1. The fraction of sp³-hybridized carbons (Fsp3) is 0.700. The smallest absolute Gasteiger partial charge is 0.248 e. The Morgan fingerprint density at radius 3 is 2.76 bits per heavy atom. The summed E-state index contributed by atoms with van der Waals surface area (Å²) in [5.74, 6) is 2.38. The van der Waals surface area contributed by atoms with Gasteiger partial charge in [-0.05, 0) is 50.6 Å². The number of imidazole rings is 1. The van der Waals surface area contributed by atoms with Gasteiger partial charge in [0.2, 0.25) is 5.91 Å². The molecule has 2 saturated heterocycles. The number of ether oxygens (including phenoxy) is 1. The van der Waals surface area contributed by atoms with Crippen LogP contribution >= 0.6 is 0 Å². The van der Waals surface area contributed by atoms with Gasteiger partial charge in [0, 0.05) is 26.2 Å². The van der Waals surface area contributed by atoms with E-state index in [1.807, 2.05) is 4.90 Å². The quantitative estimate of drug-likeness (QED) is 0.720. The lowest BCUT2D eigenvalue weighted by atomic mass is 9.95. The van der Waals surface area contributed by atoms with Crippen molar-refractivity contribution in [2.75, 3.05) is 51.2 Å². The van der Waals surface area contributed by atoms with Gasteiger partial charge < -0.3 is 24.8 Å². The van der Waals surface area contributed by atoms with Gasteiger partial charge in [-0.3, -0.25) is 4.79 Å². The molecule has 1 aliphatic carbocycles. The summed E-state index contributed by atoms with van der Waals surface area (Å²) in [4.78, 5) is 32.6. The average molecular weight is 399 g/mol. The maximum absolute atomic E-state index is 12.4. The van der Waals surface area contributed by atoms with E-state index in [1.165, 1.54) is 51.6 Å². The van der Waals surface area contributed by atoms with E-state index in [-0.39, 0.29) is 18.6 Å². The summed E-state index contributed by atoms with van der Waals surface area (Å²) >= 11 is 0. The predicted molar refractivity (Wildman–Crippen MR) is 108 cm³/mol. The molecule has 0 radical (unpaired) electrons. The number of H-pyrrole nitrogens is 1. The van der Waals surface area contributed by atoms with Gasteiger partial charge in [-0.1, -0.05) is 0 Å². The Balaban J connectivity index is 1.11. The normalized spacial score (nSPS) is 24.3. The van der Waals surface area contributed by atoms with Crippen LogP contribution in [0.15, 0.2) is 12.7 Å². The molecule has 1 unspecified atom stereocenters. The molecule has 3 fully saturated rings. The van der Waals surface area contributed by atoms with E-state index in [2.05, 4.69) is 30.2 Å². The molecule has 2 aromatic heterocycles. The number of anilines is 1. The predicted octanol–water partition coefficient (Wildman–Crippen LogP) is 1.11. The fourth-order valence-electron chi connectivity index (χ4n) is 4.42. The van der Waals surface area contributed by atoms with Crippen molar-refractivity contribution < 1.29 is 9.53 Å². The zero-order valence-corrected chi connectivity index (χ0v) is 16.7. The van der Waals surface area contributed by atoms with E-state index in [0.717, 1.165) is 18.0 Å². The van der Waals surface area contributed by atoms with Crippen molar-refractivity contribution in [1.82, 2.24) is 29.7 Å². The SMILES string of the molecule is O=C1COC(CNc2ncnc3nc[nH]c23)CN1CC1CCN(CC2CC2)CC1. The second-order valence-electron chi connectivity index (χ2n) is 8.62. The lowest BCUT2D eigenvalue weighted by molar-refractivity contribution is -0.149. The van der Waals surface area contributed by atoms with Crippen molar-refractivity contribution in [2.24, 2.45) is 11.8 Å². The number of carbonyl (C=O) groups excluding carboxylic acids is 1. The minimum absolute atomic E-state index is 0.0457. The van der Waals surface area contributed by atoms with Crippen LogP contribution in [0.1, 0.15) is 25.7 Å². The van der Waals surface area contributed by atoms with Gasteiger partial charge in [0.15, 0.2) is 11.5 Å². The monoisotopic (exact) mass is 399 g/mol. The van der Waals surface area contributed by atoms with E-state index in [4.69, 9.17) is 4.74 Å². The number of hydrogen-bond donors (Lipinski definition) is 2. The summed E-state index contributed by atoms with van der Waals surface area (Å²) in [6, 6.07) is 0. The molecule has 1 saturated carbocycles. The third kappa shape index (κ3) is 4.51. The molecule has 156 valence electrons. The van der Waals surface area contributed by atoms with Crippen molar-refractivity contribution in [3.8, 4) is 0 Å². The molecule has 9 nitrogen and oxygen atoms in total. The lowest BCUT2D eigenvalue weighted by Gasteiger charge is -2.38. The van der Waals surface area contributed by atoms with Crippen LogP contribution in [0.25, 0.3) is 11.2 Å². The molecule has 2 N–H and O–H groups in total. The number of morpholine rings is 1. The highest BCUT2D eigenvalue weighted by Crippen LogP contribution is 2.31. The number of amides is 1. The summed E-state index contributed by atoms with van der Waals surface area (Å²) in [6.07, 6.45) is 8.28. The first-order valence-corrected chi connectivity index (χ1v) is 10.7. The number of nitrogens with one attached hydrogen (secondary N) is 2. The minimum atomic E-state index is -0.0457. The Labute approximate surface area is 170 Å². The number of nitrogens with zero attached hydrogens (tertiary/aromatic N) is 5. The van der Waals surface area contributed by atoms with Gasteiger partial charge in [-0.15, -0.1) is 0 Å². The molecule has 9 heteroatoms. The van der Waals surface area contributed by atoms with Gasteiger partial charge in [0.25, 0.3) is 0 Å². The van der Waals surface area contributed by atoms with Crippen molar-refractivity contribution in [2.45, 2.75) is 31.8 Å². The van der Waals surface area contributed by atoms with Crippen molar-refractivity contribution in [3.63, 3.8) is 0 Å². The van der Waals surface area contributed by atoms with Crippen LogP contribution in [0.5, 0.6) is 0 Å². The Morgan fingerprint density at radius 2 is 1.93 bits per heavy atom. The third-order valence-electron chi connectivity index (χ3n) is 6.34. The molecule has 0 spiro atoms. The standard InChI is InChI=1S/C20H29N7O2/c28-17-11-29-16(7-21-19-18-20(23-12-22-18)25-13-24-19)10-27(17)9-15-3-5-26(6-4-15)8-14-1-2-14/h12-16H,1-11H2,(H2,21,22,23,24,25). The molecular formula is C20H29N7O2. The molecule has 1 amide bonds. The zero-order chi connectivity index (χ0) is 19.6. The van der Waals surface area contributed by atoms with Crippen molar-refractivity contribution in [1.29, 1.82) is 0 Å².